The van der Waals surface area contributed by atoms with Crippen LogP contribution in [0.2, 0.25) is 0 Å². The Labute approximate surface area is 203 Å². The van der Waals surface area contributed by atoms with Gasteiger partial charge in [-0.25, -0.2) is 0 Å². The Morgan fingerprint density at radius 2 is 1.37 bits per heavy atom. The van der Waals surface area contributed by atoms with Crippen molar-refractivity contribution in [3.8, 4) is 0 Å². The maximum atomic E-state index is 13.1. The van der Waals surface area contributed by atoms with E-state index >= 15 is 0 Å². The summed E-state index contributed by atoms with van der Waals surface area (Å²) in [6, 6.07) is 24.3. The van der Waals surface area contributed by atoms with Gasteiger partial charge in [0.2, 0.25) is 5.91 Å². The van der Waals surface area contributed by atoms with Crippen molar-refractivity contribution >= 4 is 45.6 Å². The summed E-state index contributed by atoms with van der Waals surface area (Å²) < 4.78 is 1.76. The van der Waals surface area contributed by atoms with E-state index < -0.39 is 11.7 Å². The molecule has 0 saturated carbocycles. The Kier molecular flexibility index (Phi) is 6.30. The normalized spacial score (nSPS) is 13.1. The summed E-state index contributed by atoms with van der Waals surface area (Å²) in [4.78, 5) is 40.4. The highest BCUT2D eigenvalue weighted by Gasteiger charge is 2.24. The van der Waals surface area contributed by atoms with E-state index in [1.165, 1.54) is 0 Å². The second-order valence-corrected chi connectivity index (χ2v) is 8.63. The van der Waals surface area contributed by atoms with Gasteiger partial charge in [0.05, 0.1) is 5.56 Å². The quantitative estimate of drug-likeness (QED) is 0.302. The smallest absolute Gasteiger partial charge is 0.296 e. The Bertz CT molecular complexity index is 1370. The lowest BCUT2D eigenvalue weighted by Gasteiger charge is -2.15. The van der Waals surface area contributed by atoms with Gasteiger partial charge in [0.25, 0.3) is 11.7 Å². The second-order valence-electron chi connectivity index (χ2n) is 8.63. The minimum Gasteiger partial charge on any atom is -0.356 e. The summed E-state index contributed by atoms with van der Waals surface area (Å²) in [6.45, 7) is 1.68. The van der Waals surface area contributed by atoms with Crippen molar-refractivity contribution in [2.75, 3.05) is 23.7 Å². The van der Waals surface area contributed by atoms with Crippen LogP contribution in [0.15, 0.2) is 85.1 Å². The summed E-state index contributed by atoms with van der Waals surface area (Å²) in [6.07, 6.45) is 3.66. The molecule has 5 rings (SSSR count). The first-order valence-corrected chi connectivity index (χ1v) is 11.7. The monoisotopic (exact) mass is 466 g/mol. The molecule has 1 aromatic heterocycles. The third kappa shape index (κ3) is 4.94. The number of anilines is 3. The number of likely N-dealkylation sites (tertiary alicyclic amines) is 1. The molecule has 7 heteroatoms. The number of nitrogens with zero attached hydrogens (tertiary/aromatic N) is 2. The second kappa shape index (κ2) is 9.85. The van der Waals surface area contributed by atoms with Crippen molar-refractivity contribution in [2.45, 2.75) is 19.4 Å². The third-order valence-electron chi connectivity index (χ3n) is 6.21. The molecule has 2 N–H and O–H groups in total. The number of carbonyl (C=O) groups excluding carboxylic acids is 3. The van der Waals surface area contributed by atoms with Crippen LogP contribution in [0, 0.1) is 0 Å². The lowest BCUT2D eigenvalue weighted by Crippen LogP contribution is -2.30. The zero-order chi connectivity index (χ0) is 24.2. The number of ketones is 1. The van der Waals surface area contributed by atoms with Crippen molar-refractivity contribution in [1.29, 1.82) is 0 Å². The summed E-state index contributed by atoms with van der Waals surface area (Å²) in [7, 11) is 0. The number of rotatable bonds is 7. The largest absolute Gasteiger partial charge is 0.356 e. The summed E-state index contributed by atoms with van der Waals surface area (Å²) in [5.41, 5.74) is 3.39. The molecule has 0 aliphatic carbocycles. The molecule has 176 valence electrons. The molecule has 0 bridgehead atoms. The number of hydrogen-bond acceptors (Lipinski definition) is 4. The van der Waals surface area contributed by atoms with E-state index in [0.717, 1.165) is 42.8 Å². The molecule has 2 amide bonds. The molecule has 1 fully saturated rings. The van der Waals surface area contributed by atoms with Gasteiger partial charge in [-0.1, -0.05) is 36.4 Å². The number of amides is 2. The van der Waals surface area contributed by atoms with Gasteiger partial charge in [-0.2, -0.15) is 0 Å². The van der Waals surface area contributed by atoms with Crippen molar-refractivity contribution in [2.24, 2.45) is 0 Å². The topological polar surface area (TPSA) is 83.4 Å². The van der Waals surface area contributed by atoms with E-state index in [9.17, 15) is 14.4 Å². The SMILES string of the molecule is O=C(Nc1ccc(Nc2ccccc2)cc1)C(=O)c1cn(CC(=O)N2CCCC2)c2ccccc12. The van der Waals surface area contributed by atoms with Gasteiger partial charge < -0.3 is 20.1 Å². The maximum absolute atomic E-state index is 13.1. The van der Waals surface area contributed by atoms with Crippen LogP contribution in [-0.4, -0.2) is 40.2 Å². The Morgan fingerprint density at radius 3 is 2.11 bits per heavy atom. The van der Waals surface area contributed by atoms with Crippen LogP contribution in [0.5, 0.6) is 0 Å². The average molecular weight is 467 g/mol. The average Bonchev–Trinajstić information content (AvgIpc) is 3.55. The van der Waals surface area contributed by atoms with Crippen molar-refractivity contribution in [1.82, 2.24) is 9.47 Å². The molecule has 0 radical (unpaired) electrons. The first-order valence-electron chi connectivity index (χ1n) is 11.7. The number of para-hydroxylation sites is 2. The lowest BCUT2D eigenvalue weighted by atomic mass is 10.1. The fourth-order valence-corrected chi connectivity index (χ4v) is 4.41. The summed E-state index contributed by atoms with van der Waals surface area (Å²) in [5.74, 6) is -1.33. The van der Waals surface area contributed by atoms with Crippen LogP contribution in [-0.2, 0) is 16.1 Å². The van der Waals surface area contributed by atoms with Gasteiger partial charge in [0, 0.05) is 47.3 Å². The number of nitrogens with one attached hydrogen (secondary N) is 2. The molecular formula is C28H26N4O3. The fourth-order valence-electron chi connectivity index (χ4n) is 4.41. The molecule has 0 unspecified atom stereocenters. The highest BCUT2D eigenvalue weighted by atomic mass is 16.2. The van der Waals surface area contributed by atoms with Crippen molar-refractivity contribution in [3.05, 3.63) is 90.6 Å². The minimum absolute atomic E-state index is 0.0240. The molecule has 3 aromatic carbocycles. The maximum Gasteiger partial charge on any atom is 0.296 e. The molecule has 1 aliphatic rings. The van der Waals surface area contributed by atoms with E-state index in [1.54, 1.807) is 29.0 Å². The van der Waals surface area contributed by atoms with Crippen molar-refractivity contribution < 1.29 is 14.4 Å². The molecule has 1 aliphatic heterocycles. The number of hydrogen-bond donors (Lipinski definition) is 2. The number of carbonyl (C=O) groups is 3. The Hall–Kier alpha value is -4.39. The lowest BCUT2D eigenvalue weighted by molar-refractivity contribution is -0.130. The van der Waals surface area contributed by atoms with Crippen LogP contribution < -0.4 is 10.6 Å². The van der Waals surface area contributed by atoms with Crippen LogP contribution in [0.25, 0.3) is 10.9 Å². The number of Topliss-reactive ketones (excluding diaryl/α,β-unsaturated/α-hetero) is 1. The van der Waals surface area contributed by atoms with E-state index in [1.807, 2.05) is 65.6 Å². The summed E-state index contributed by atoms with van der Waals surface area (Å²) >= 11 is 0. The highest BCUT2D eigenvalue weighted by Crippen LogP contribution is 2.24. The van der Waals surface area contributed by atoms with Gasteiger partial charge in [0.15, 0.2) is 0 Å². The molecule has 1 saturated heterocycles. The van der Waals surface area contributed by atoms with E-state index in [4.69, 9.17) is 0 Å². The zero-order valence-corrected chi connectivity index (χ0v) is 19.2. The molecule has 2 heterocycles. The van der Waals surface area contributed by atoms with Gasteiger partial charge >= 0.3 is 0 Å². The van der Waals surface area contributed by atoms with Crippen LogP contribution >= 0.6 is 0 Å². The number of fused-ring (bicyclic) bond motifs is 1. The first-order chi connectivity index (χ1) is 17.1. The predicted octanol–water partition coefficient (Wildman–Crippen LogP) is 4.83. The first kappa shape index (κ1) is 22.4. The zero-order valence-electron chi connectivity index (χ0n) is 19.2. The number of benzene rings is 3. The molecule has 7 nitrogen and oxygen atoms in total. The minimum atomic E-state index is -0.720. The van der Waals surface area contributed by atoms with E-state index in [0.29, 0.717) is 11.1 Å². The summed E-state index contributed by atoms with van der Waals surface area (Å²) in [5, 5.41) is 6.63. The Balaban J connectivity index is 1.30. The van der Waals surface area contributed by atoms with E-state index in [-0.39, 0.29) is 18.0 Å². The predicted molar refractivity (Wildman–Crippen MR) is 137 cm³/mol. The van der Waals surface area contributed by atoms with Crippen LogP contribution in [0.4, 0.5) is 17.1 Å². The standard InChI is InChI=1S/C28H26N4O3/c33-26(31-16-6-7-17-31)19-32-18-24(23-10-4-5-11-25(23)32)27(34)28(35)30-22-14-12-21(13-15-22)29-20-8-2-1-3-9-20/h1-5,8-15,18,29H,6-7,16-17,19H2,(H,30,35). The van der Waals surface area contributed by atoms with Gasteiger partial charge in [-0.15, -0.1) is 0 Å². The van der Waals surface area contributed by atoms with Gasteiger partial charge in [0.1, 0.15) is 6.54 Å². The van der Waals surface area contributed by atoms with Gasteiger partial charge in [-0.05, 0) is 55.3 Å². The van der Waals surface area contributed by atoms with Crippen LogP contribution in [0.3, 0.4) is 0 Å². The number of aromatic nitrogens is 1. The molecular weight excluding hydrogens is 440 g/mol. The molecule has 0 spiro atoms. The van der Waals surface area contributed by atoms with Crippen LogP contribution in [0.1, 0.15) is 23.2 Å². The Morgan fingerprint density at radius 1 is 0.743 bits per heavy atom. The highest BCUT2D eigenvalue weighted by molar-refractivity contribution is 6.48. The van der Waals surface area contributed by atoms with Crippen molar-refractivity contribution in [3.63, 3.8) is 0 Å². The van der Waals surface area contributed by atoms with E-state index in [2.05, 4.69) is 10.6 Å². The molecule has 4 aromatic rings. The molecule has 0 atom stereocenters. The molecule has 35 heavy (non-hydrogen) atoms. The van der Waals surface area contributed by atoms with Gasteiger partial charge in [-0.3, -0.25) is 14.4 Å². The third-order valence-corrected chi connectivity index (χ3v) is 6.21. The fraction of sp³-hybridized carbons (Fsp3) is 0.179.